The summed E-state index contributed by atoms with van der Waals surface area (Å²) >= 11 is 0. The number of rotatable bonds is 6. The van der Waals surface area contributed by atoms with Gasteiger partial charge in [-0.25, -0.2) is 0 Å². The quantitative estimate of drug-likeness (QED) is 0.737. The third kappa shape index (κ3) is 4.67. The second-order valence-electron chi connectivity index (χ2n) is 5.27. The van der Waals surface area contributed by atoms with Crippen LogP contribution in [0.4, 0.5) is 0 Å². The van der Waals surface area contributed by atoms with Crippen LogP contribution < -0.4 is 4.74 Å². The molecule has 0 radical (unpaired) electrons. The average Bonchev–Trinajstić information content (AvgIpc) is 2.45. The first-order valence-corrected chi connectivity index (χ1v) is 7.16. The number of hydrogen-bond donors (Lipinski definition) is 0. The molecule has 0 spiro atoms. The molecule has 0 N–H and O–H groups in total. The SMILES string of the molecule is CC(=O)C1CCCN(CCCOc2ccccc2)C1. The first-order chi connectivity index (χ1) is 9.25. The number of likely N-dealkylation sites (tertiary alicyclic amines) is 1. The van der Waals surface area contributed by atoms with Crippen molar-refractivity contribution < 1.29 is 9.53 Å². The lowest BCUT2D eigenvalue weighted by Crippen LogP contribution is -2.38. The summed E-state index contributed by atoms with van der Waals surface area (Å²) in [6.07, 6.45) is 3.22. The van der Waals surface area contributed by atoms with E-state index in [0.717, 1.165) is 51.3 Å². The minimum absolute atomic E-state index is 0.254. The molecule has 3 nitrogen and oxygen atoms in total. The van der Waals surface area contributed by atoms with Crippen molar-refractivity contribution in [3.63, 3.8) is 0 Å². The molecule has 0 bridgehead atoms. The normalized spacial score (nSPS) is 20.2. The zero-order chi connectivity index (χ0) is 13.5. The molecule has 3 heteroatoms. The van der Waals surface area contributed by atoms with Gasteiger partial charge in [0.05, 0.1) is 6.61 Å². The number of para-hydroxylation sites is 1. The van der Waals surface area contributed by atoms with Crippen molar-refractivity contribution in [2.24, 2.45) is 5.92 Å². The Morgan fingerprint density at radius 1 is 1.37 bits per heavy atom. The minimum Gasteiger partial charge on any atom is -0.494 e. The number of benzene rings is 1. The summed E-state index contributed by atoms with van der Waals surface area (Å²) in [6.45, 7) is 5.53. The number of ketones is 1. The van der Waals surface area contributed by atoms with Gasteiger partial charge in [0.15, 0.2) is 0 Å². The van der Waals surface area contributed by atoms with Gasteiger partial charge in [-0.3, -0.25) is 4.79 Å². The molecule has 104 valence electrons. The van der Waals surface area contributed by atoms with Crippen LogP contribution in [0.5, 0.6) is 5.75 Å². The summed E-state index contributed by atoms with van der Waals surface area (Å²) < 4.78 is 5.68. The number of hydrogen-bond acceptors (Lipinski definition) is 3. The zero-order valence-corrected chi connectivity index (χ0v) is 11.7. The van der Waals surface area contributed by atoms with Crippen LogP contribution in [0.15, 0.2) is 30.3 Å². The number of ether oxygens (including phenoxy) is 1. The zero-order valence-electron chi connectivity index (χ0n) is 11.7. The van der Waals surface area contributed by atoms with E-state index in [9.17, 15) is 4.79 Å². The Bertz CT molecular complexity index is 391. The van der Waals surface area contributed by atoms with E-state index in [1.807, 2.05) is 30.3 Å². The molecular formula is C16H23NO2. The fourth-order valence-electron chi connectivity index (χ4n) is 2.59. The third-order valence-corrected chi connectivity index (χ3v) is 3.71. The van der Waals surface area contributed by atoms with Crippen molar-refractivity contribution in [2.75, 3.05) is 26.2 Å². The summed E-state index contributed by atoms with van der Waals surface area (Å²) in [5.41, 5.74) is 0. The monoisotopic (exact) mass is 261 g/mol. The van der Waals surface area contributed by atoms with E-state index < -0.39 is 0 Å². The van der Waals surface area contributed by atoms with Crippen LogP contribution in [-0.4, -0.2) is 36.9 Å². The molecule has 1 fully saturated rings. The fourth-order valence-corrected chi connectivity index (χ4v) is 2.59. The lowest BCUT2D eigenvalue weighted by molar-refractivity contribution is -0.122. The second-order valence-corrected chi connectivity index (χ2v) is 5.27. The average molecular weight is 261 g/mol. The lowest BCUT2D eigenvalue weighted by Gasteiger charge is -2.31. The predicted octanol–water partition coefficient (Wildman–Crippen LogP) is 2.76. The minimum atomic E-state index is 0.254. The molecule has 0 aromatic heterocycles. The number of Topliss-reactive ketones (excluding diaryl/α,β-unsaturated/α-hetero) is 1. The Balaban J connectivity index is 1.64. The van der Waals surface area contributed by atoms with E-state index in [1.165, 1.54) is 0 Å². The lowest BCUT2D eigenvalue weighted by atomic mass is 9.94. The smallest absolute Gasteiger partial charge is 0.134 e. The molecule has 1 aliphatic heterocycles. The summed E-state index contributed by atoms with van der Waals surface area (Å²) in [4.78, 5) is 13.8. The van der Waals surface area contributed by atoms with E-state index in [4.69, 9.17) is 4.74 Å². The molecule has 0 aliphatic carbocycles. The molecule has 1 aromatic carbocycles. The Morgan fingerprint density at radius 2 is 2.16 bits per heavy atom. The third-order valence-electron chi connectivity index (χ3n) is 3.71. The maximum atomic E-state index is 11.4. The van der Waals surface area contributed by atoms with E-state index in [0.29, 0.717) is 5.78 Å². The molecule has 1 unspecified atom stereocenters. The topological polar surface area (TPSA) is 29.5 Å². The molecule has 1 aromatic rings. The highest BCUT2D eigenvalue weighted by Crippen LogP contribution is 2.17. The van der Waals surface area contributed by atoms with Crippen LogP contribution in [0.25, 0.3) is 0 Å². The van der Waals surface area contributed by atoms with Gasteiger partial charge in [0.1, 0.15) is 11.5 Å². The van der Waals surface area contributed by atoms with Crippen molar-refractivity contribution in [3.8, 4) is 5.75 Å². The van der Waals surface area contributed by atoms with Gasteiger partial charge in [0.25, 0.3) is 0 Å². The molecule has 1 saturated heterocycles. The Hall–Kier alpha value is -1.35. The number of carbonyl (C=O) groups excluding carboxylic acids is 1. The molecule has 1 heterocycles. The molecule has 2 rings (SSSR count). The molecule has 1 atom stereocenters. The van der Waals surface area contributed by atoms with Crippen LogP contribution in [-0.2, 0) is 4.79 Å². The Morgan fingerprint density at radius 3 is 2.89 bits per heavy atom. The van der Waals surface area contributed by atoms with Gasteiger partial charge >= 0.3 is 0 Å². The van der Waals surface area contributed by atoms with Crippen LogP contribution >= 0.6 is 0 Å². The second kappa shape index (κ2) is 7.29. The first kappa shape index (κ1) is 14.1. The van der Waals surface area contributed by atoms with Gasteiger partial charge in [0, 0.05) is 19.0 Å². The summed E-state index contributed by atoms with van der Waals surface area (Å²) in [5.74, 6) is 1.52. The van der Waals surface area contributed by atoms with E-state index >= 15 is 0 Å². The van der Waals surface area contributed by atoms with Crippen LogP contribution in [0.3, 0.4) is 0 Å². The highest BCUT2D eigenvalue weighted by atomic mass is 16.5. The van der Waals surface area contributed by atoms with E-state index in [-0.39, 0.29) is 5.92 Å². The van der Waals surface area contributed by atoms with Gasteiger partial charge in [-0.2, -0.15) is 0 Å². The van der Waals surface area contributed by atoms with Crippen molar-refractivity contribution in [2.45, 2.75) is 26.2 Å². The van der Waals surface area contributed by atoms with Gasteiger partial charge in [-0.05, 0) is 44.9 Å². The molecule has 1 aliphatic rings. The fraction of sp³-hybridized carbons (Fsp3) is 0.562. The van der Waals surface area contributed by atoms with Gasteiger partial charge in [-0.1, -0.05) is 18.2 Å². The van der Waals surface area contributed by atoms with Gasteiger partial charge < -0.3 is 9.64 Å². The van der Waals surface area contributed by atoms with Crippen molar-refractivity contribution in [1.82, 2.24) is 4.90 Å². The van der Waals surface area contributed by atoms with Crippen molar-refractivity contribution in [3.05, 3.63) is 30.3 Å². The van der Waals surface area contributed by atoms with E-state index in [1.54, 1.807) is 6.92 Å². The Labute approximate surface area is 115 Å². The summed E-state index contributed by atoms with van der Waals surface area (Å²) in [7, 11) is 0. The largest absolute Gasteiger partial charge is 0.494 e. The standard InChI is InChI=1S/C16H23NO2/c1-14(18)15-7-5-10-17(13-15)11-6-12-19-16-8-3-2-4-9-16/h2-4,8-9,15H,5-7,10-13H2,1H3. The maximum Gasteiger partial charge on any atom is 0.134 e. The number of nitrogens with zero attached hydrogens (tertiary/aromatic N) is 1. The van der Waals surface area contributed by atoms with Gasteiger partial charge in [0.2, 0.25) is 0 Å². The van der Waals surface area contributed by atoms with Crippen molar-refractivity contribution in [1.29, 1.82) is 0 Å². The highest BCUT2D eigenvalue weighted by molar-refractivity contribution is 5.78. The van der Waals surface area contributed by atoms with Crippen LogP contribution in [0.2, 0.25) is 0 Å². The number of piperidine rings is 1. The van der Waals surface area contributed by atoms with Crippen LogP contribution in [0.1, 0.15) is 26.2 Å². The molecule has 19 heavy (non-hydrogen) atoms. The number of carbonyl (C=O) groups is 1. The maximum absolute atomic E-state index is 11.4. The van der Waals surface area contributed by atoms with Gasteiger partial charge in [-0.15, -0.1) is 0 Å². The first-order valence-electron chi connectivity index (χ1n) is 7.16. The van der Waals surface area contributed by atoms with E-state index in [2.05, 4.69) is 4.90 Å². The molecule has 0 amide bonds. The highest BCUT2D eigenvalue weighted by Gasteiger charge is 2.22. The van der Waals surface area contributed by atoms with Crippen LogP contribution in [0, 0.1) is 5.92 Å². The summed E-state index contributed by atoms with van der Waals surface area (Å²) in [6, 6.07) is 9.91. The Kier molecular flexibility index (Phi) is 5.40. The molecular weight excluding hydrogens is 238 g/mol. The summed E-state index contributed by atoms with van der Waals surface area (Å²) in [5, 5.41) is 0. The van der Waals surface area contributed by atoms with Crippen molar-refractivity contribution >= 4 is 5.78 Å². The molecule has 0 saturated carbocycles. The predicted molar refractivity (Wildman–Crippen MR) is 76.4 cm³/mol.